The van der Waals surface area contributed by atoms with Crippen molar-refractivity contribution in [3.63, 3.8) is 0 Å². The predicted octanol–water partition coefficient (Wildman–Crippen LogP) is 1.02. The molecule has 0 radical (unpaired) electrons. The number of H-pyrrole nitrogens is 1. The number of nitriles is 1. The first-order chi connectivity index (χ1) is 13.4. The summed E-state index contributed by atoms with van der Waals surface area (Å²) in [6.07, 6.45) is 0. The maximum Gasteiger partial charge on any atom is 0.295 e. The zero-order chi connectivity index (χ0) is 20.0. The molecule has 0 amide bonds. The van der Waals surface area contributed by atoms with Crippen molar-refractivity contribution in [2.75, 3.05) is 11.1 Å². The third kappa shape index (κ3) is 2.45. The van der Waals surface area contributed by atoms with Crippen molar-refractivity contribution < 1.29 is 0 Å². The van der Waals surface area contributed by atoms with E-state index in [4.69, 9.17) is 5.73 Å². The van der Waals surface area contributed by atoms with E-state index in [0.717, 1.165) is 0 Å². The standard InChI is InChI=1S/C18H16N8O2/c1-10-15(18(28)26(24(10)2)11-6-4-3-5-7-11)22-16-12(9-19)17-21-14(27)8-13(20)25(17)23-16/h3-8H,20H2,1-2H3,(H,21,27)(H,22,23). The topological polar surface area (TPSA) is 139 Å². The SMILES string of the molecule is Cc1c(Nc2nn3c(N)cc(=O)[nH]c3c2C#N)c(=O)n(-c2ccccc2)n1C. The Morgan fingerprint density at radius 2 is 1.96 bits per heavy atom. The number of fused-ring (bicyclic) bond motifs is 1. The number of benzene rings is 1. The molecule has 4 aromatic rings. The fourth-order valence-corrected chi connectivity index (χ4v) is 3.09. The zero-order valence-electron chi connectivity index (χ0n) is 15.1. The molecule has 0 aliphatic carbocycles. The van der Waals surface area contributed by atoms with Gasteiger partial charge in [0, 0.05) is 13.1 Å². The van der Waals surface area contributed by atoms with Crippen molar-refractivity contribution in [1.29, 1.82) is 5.26 Å². The molecule has 0 saturated heterocycles. The van der Waals surface area contributed by atoms with Gasteiger partial charge in [0.25, 0.3) is 11.1 Å². The molecule has 0 aliphatic heterocycles. The van der Waals surface area contributed by atoms with E-state index in [1.165, 1.54) is 15.3 Å². The van der Waals surface area contributed by atoms with Crippen molar-refractivity contribution >= 4 is 23.0 Å². The number of aromatic amines is 1. The zero-order valence-corrected chi connectivity index (χ0v) is 15.1. The third-order valence-corrected chi connectivity index (χ3v) is 4.56. The number of nitrogens with one attached hydrogen (secondary N) is 2. The summed E-state index contributed by atoms with van der Waals surface area (Å²) < 4.78 is 4.46. The van der Waals surface area contributed by atoms with Crippen molar-refractivity contribution in [2.45, 2.75) is 6.92 Å². The van der Waals surface area contributed by atoms with E-state index in [-0.39, 0.29) is 34.1 Å². The van der Waals surface area contributed by atoms with Gasteiger partial charge in [-0.15, -0.1) is 5.10 Å². The van der Waals surface area contributed by atoms with Gasteiger partial charge in [-0.1, -0.05) is 18.2 Å². The number of aromatic nitrogens is 5. The van der Waals surface area contributed by atoms with Crippen LogP contribution in [0.15, 0.2) is 46.0 Å². The lowest BCUT2D eigenvalue weighted by molar-refractivity contribution is 0.630. The second-order valence-corrected chi connectivity index (χ2v) is 6.22. The monoisotopic (exact) mass is 376 g/mol. The lowest BCUT2D eigenvalue weighted by Crippen LogP contribution is -2.20. The van der Waals surface area contributed by atoms with Gasteiger partial charge >= 0.3 is 0 Å². The average Bonchev–Trinajstić information content (AvgIpc) is 3.12. The summed E-state index contributed by atoms with van der Waals surface area (Å²) in [6.45, 7) is 1.78. The van der Waals surface area contributed by atoms with Gasteiger partial charge in [-0.25, -0.2) is 4.68 Å². The van der Waals surface area contributed by atoms with Gasteiger partial charge in [0.2, 0.25) is 0 Å². The molecule has 3 aromatic heterocycles. The molecule has 0 unspecified atom stereocenters. The van der Waals surface area contributed by atoms with Crippen LogP contribution in [0.25, 0.3) is 11.3 Å². The number of rotatable bonds is 3. The summed E-state index contributed by atoms with van der Waals surface area (Å²) in [5, 5.41) is 16.7. The van der Waals surface area contributed by atoms with Crippen molar-refractivity contribution in [3.8, 4) is 11.8 Å². The molecule has 0 saturated carbocycles. The number of hydrogen-bond donors (Lipinski definition) is 3. The van der Waals surface area contributed by atoms with E-state index in [9.17, 15) is 14.9 Å². The van der Waals surface area contributed by atoms with Gasteiger partial charge in [-0.3, -0.25) is 14.3 Å². The first-order valence-electron chi connectivity index (χ1n) is 8.35. The minimum atomic E-state index is -0.449. The van der Waals surface area contributed by atoms with Crippen LogP contribution < -0.4 is 22.2 Å². The van der Waals surface area contributed by atoms with E-state index in [1.807, 2.05) is 36.4 Å². The van der Waals surface area contributed by atoms with Gasteiger partial charge < -0.3 is 16.0 Å². The van der Waals surface area contributed by atoms with Crippen LogP contribution in [-0.2, 0) is 7.05 Å². The van der Waals surface area contributed by atoms with Gasteiger partial charge in [0.1, 0.15) is 23.1 Å². The second kappa shape index (κ2) is 6.17. The molecule has 0 aliphatic rings. The second-order valence-electron chi connectivity index (χ2n) is 6.22. The number of hydrogen-bond acceptors (Lipinski definition) is 6. The number of nitrogen functional groups attached to an aromatic ring is 1. The Kier molecular flexibility index (Phi) is 3.78. The van der Waals surface area contributed by atoms with E-state index >= 15 is 0 Å². The van der Waals surface area contributed by atoms with Crippen LogP contribution in [0.5, 0.6) is 0 Å². The minimum absolute atomic E-state index is 0.0785. The maximum atomic E-state index is 13.0. The minimum Gasteiger partial charge on any atom is -0.383 e. The maximum absolute atomic E-state index is 13.0. The Morgan fingerprint density at radius 3 is 2.64 bits per heavy atom. The molecule has 1 aromatic carbocycles. The molecule has 0 spiro atoms. The van der Waals surface area contributed by atoms with Crippen LogP contribution in [0.4, 0.5) is 17.3 Å². The highest BCUT2D eigenvalue weighted by atomic mass is 16.1. The number of anilines is 3. The van der Waals surface area contributed by atoms with Gasteiger partial charge in [0.05, 0.1) is 11.4 Å². The predicted molar refractivity (Wildman–Crippen MR) is 104 cm³/mol. The Morgan fingerprint density at radius 1 is 1.25 bits per heavy atom. The van der Waals surface area contributed by atoms with Gasteiger partial charge in [-0.05, 0) is 19.1 Å². The van der Waals surface area contributed by atoms with Crippen LogP contribution in [0.1, 0.15) is 11.3 Å². The van der Waals surface area contributed by atoms with E-state index in [1.54, 1.807) is 18.7 Å². The smallest absolute Gasteiger partial charge is 0.295 e. The van der Waals surface area contributed by atoms with Crippen LogP contribution in [0.3, 0.4) is 0 Å². The highest BCUT2D eigenvalue weighted by Gasteiger charge is 2.21. The highest BCUT2D eigenvalue weighted by molar-refractivity contribution is 5.73. The van der Waals surface area contributed by atoms with Crippen LogP contribution in [0, 0.1) is 18.3 Å². The Labute approximate surface area is 158 Å². The van der Waals surface area contributed by atoms with E-state index in [2.05, 4.69) is 15.4 Å². The Bertz CT molecular complexity index is 1370. The van der Waals surface area contributed by atoms with Crippen molar-refractivity contribution in [1.82, 2.24) is 24.0 Å². The van der Waals surface area contributed by atoms with Crippen molar-refractivity contribution in [3.05, 3.63) is 68.4 Å². The quantitative estimate of drug-likeness (QED) is 0.488. The largest absolute Gasteiger partial charge is 0.383 e. The van der Waals surface area contributed by atoms with Gasteiger partial charge in [0.15, 0.2) is 11.5 Å². The fraction of sp³-hybridized carbons (Fsp3) is 0.111. The summed E-state index contributed by atoms with van der Waals surface area (Å²) in [6, 6.07) is 12.4. The molecular weight excluding hydrogens is 360 g/mol. The Hall–Kier alpha value is -4.26. The molecule has 28 heavy (non-hydrogen) atoms. The molecule has 0 atom stereocenters. The Balaban J connectivity index is 1.90. The number of nitrogens with zero attached hydrogens (tertiary/aromatic N) is 5. The summed E-state index contributed by atoms with van der Waals surface area (Å²) in [5.74, 6) is 0.205. The first-order valence-corrected chi connectivity index (χ1v) is 8.35. The third-order valence-electron chi connectivity index (χ3n) is 4.56. The normalized spacial score (nSPS) is 10.9. The molecule has 4 N–H and O–H groups in total. The van der Waals surface area contributed by atoms with Crippen LogP contribution >= 0.6 is 0 Å². The van der Waals surface area contributed by atoms with Gasteiger partial charge in [-0.2, -0.15) is 9.78 Å². The summed E-state index contributed by atoms with van der Waals surface area (Å²) in [5.41, 5.74) is 6.94. The van der Waals surface area contributed by atoms with Crippen LogP contribution in [-0.4, -0.2) is 24.0 Å². The van der Waals surface area contributed by atoms with Crippen molar-refractivity contribution in [2.24, 2.45) is 7.05 Å². The molecule has 3 heterocycles. The molecule has 0 bridgehead atoms. The summed E-state index contributed by atoms with van der Waals surface area (Å²) in [4.78, 5) is 27.3. The number of para-hydroxylation sites is 1. The first kappa shape index (κ1) is 17.2. The van der Waals surface area contributed by atoms with Crippen LogP contribution in [0.2, 0.25) is 0 Å². The molecule has 140 valence electrons. The molecule has 4 rings (SSSR count). The fourth-order valence-electron chi connectivity index (χ4n) is 3.09. The van der Waals surface area contributed by atoms with E-state index in [0.29, 0.717) is 11.4 Å². The molecule has 10 nitrogen and oxygen atoms in total. The average molecular weight is 376 g/mol. The summed E-state index contributed by atoms with van der Waals surface area (Å²) in [7, 11) is 1.76. The lowest BCUT2D eigenvalue weighted by atomic mass is 10.3. The highest BCUT2D eigenvalue weighted by Crippen LogP contribution is 2.24. The molecule has 10 heteroatoms. The van der Waals surface area contributed by atoms with E-state index < -0.39 is 5.56 Å². The molecule has 0 fully saturated rings. The number of nitrogens with two attached hydrogens (primary N) is 1. The molecular formula is C18H16N8O2. The lowest BCUT2D eigenvalue weighted by Gasteiger charge is -2.07. The summed E-state index contributed by atoms with van der Waals surface area (Å²) >= 11 is 0.